The molecule has 20 heavy (non-hydrogen) atoms. The SMILES string of the molecule is O=C([O-])c1ccccn1.O=C([O-])c1ccccn1.[CH3][Cr+2]. The van der Waals surface area contributed by atoms with E-state index in [1.807, 2.05) is 5.79 Å². The molecule has 2 rings (SSSR count). The van der Waals surface area contributed by atoms with Gasteiger partial charge < -0.3 is 19.8 Å². The standard InChI is InChI=1S/2C6H5NO2.CH3.Cr/c2*8-6(9)5-3-1-2-4-7-5;;/h2*1-4H,(H,8,9);1H3;/q;;;+2/p-2. The average Bonchev–Trinajstić information content (AvgIpc) is 2.51. The van der Waals surface area contributed by atoms with Crippen LogP contribution in [0.5, 0.6) is 0 Å². The van der Waals surface area contributed by atoms with E-state index >= 15 is 0 Å². The zero-order valence-corrected chi connectivity index (χ0v) is 11.8. The number of carbonyl (C=O) groups is 2. The Morgan fingerprint density at radius 2 is 1.20 bits per heavy atom. The summed E-state index contributed by atoms with van der Waals surface area (Å²) in [4.78, 5) is 27.1. The molecule has 0 saturated heterocycles. The molecule has 0 bridgehead atoms. The van der Waals surface area contributed by atoms with Crippen molar-refractivity contribution in [2.75, 3.05) is 0 Å². The maximum atomic E-state index is 10.0. The molecule has 0 N–H and O–H groups in total. The van der Waals surface area contributed by atoms with Crippen molar-refractivity contribution >= 4 is 11.9 Å². The van der Waals surface area contributed by atoms with Crippen LogP contribution < -0.4 is 10.2 Å². The molecule has 0 aliphatic rings. The van der Waals surface area contributed by atoms with Crippen LogP contribution in [0.1, 0.15) is 21.0 Å². The minimum atomic E-state index is -1.24. The van der Waals surface area contributed by atoms with Gasteiger partial charge in [-0.1, -0.05) is 12.1 Å². The average molecular weight is 311 g/mol. The maximum absolute atomic E-state index is 10.0. The van der Waals surface area contributed by atoms with Crippen molar-refractivity contribution in [1.82, 2.24) is 9.97 Å². The molecule has 0 aliphatic carbocycles. The summed E-state index contributed by atoms with van der Waals surface area (Å²) >= 11 is 2.62. The molecule has 103 valence electrons. The third-order valence-corrected chi connectivity index (χ3v) is 1.75. The topological polar surface area (TPSA) is 106 Å². The molecule has 2 heterocycles. The number of carboxylic acid groups (broad SMARTS) is 2. The van der Waals surface area contributed by atoms with Gasteiger partial charge in [0.05, 0.1) is 23.3 Å². The molecule has 7 heteroatoms. The molecule has 0 amide bonds. The van der Waals surface area contributed by atoms with E-state index < -0.39 is 11.9 Å². The Morgan fingerprint density at radius 1 is 0.850 bits per heavy atom. The summed E-state index contributed by atoms with van der Waals surface area (Å²) < 4.78 is 0. The second kappa shape index (κ2) is 10.7. The van der Waals surface area contributed by atoms with E-state index in [0.717, 1.165) is 0 Å². The van der Waals surface area contributed by atoms with Crippen LogP contribution >= 0.6 is 0 Å². The first-order valence-corrected chi connectivity index (χ1v) is 6.54. The molecular weight excluding hydrogens is 300 g/mol. The third kappa shape index (κ3) is 7.26. The van der Waals surface area contributed by atoms with E-state index in [1.54, 1.807) is 24.3 Å². The van der Waals surface area contributed by atoms with Gasteiger partial charge in [0.25, 0.3) is 0 Å². The summed E-state index contributed by atoms with van der Waals surface area (Å²) in [5.41, 5.74) is -0.0602. The normalized spacial score (nSPS) is 8.20. The first-order chi connectivity index (χ1) is 9.61. The van der Waals surface area contributed by atoms with E-state index in [2.05, 4.69) is 26.3 Å². The Labute approximate surface area is 124 Å². The second-order valence-corrected chi connectivity index (χ2v) is 3.00. The van der Waals surface area contributed by atoms with Gasteiger partial charge in [-0.25, -0.2) is 0 Å². The van der Waals surface area contributed by atoms with Crippen LogP contribution in [0.15, 0.2) is 48.8 Å². The Bertz CT molecular complexity index is 471. The van der Waals surface area contributed by atoms with Crippen LogP contribution in [0.25, 0.3) is 0 Å². The van der Waals surface area contributed by atoms with Gasteiger partial charge >= 0.3 is 22.1 Å². The minimum absolute atomic E-state index is 0.0301. The molecule has 0 atom stereocenters. The fourth-order valence-corrected chi connectivity index (χ4v) is 0.967. The molecule has 0 unspecified atom stereocenters. The summed E-state index contributed by atoms with van der Waals surface area (Å²) in [6, 6.07) is 9.25. The molecule has 2 aromatic heterocycles. The van der Waals surface area contributed by atoms with E-state index in [1.165, 1.54) is 24.5 Å². The van der Waals surface area contributed by atoms with E-state index in [9.17, 15) is 19.8 Å². The van der Waals surface area contributed by atoms with Gasteiger partial charge in [-0.05, 0) is 24.3 Å². The van der Waals surface area contributed by atoms with Crippen molar-refractivity contribution in [3.63, 3.8) is 0 Å². The fraction of sp³-hybridized carbons (Fsp3) is 0.0769. The zero-order chi connectivity index (χ0) is 15.4. The van der Waals surface area contributed by atoms with Gasteiger partial charge in [0, 0.05) is 12.4 Å². The summed E-state index contributed by atoms with van der Waals surface area (Å²) in [6.07, 6.45) is 2.82. The predicted octanol–water partition coefficient (Wildman–Crippen LogP) is -0.529. The Kier molecular flexibility index (Phi) is 9.48. The first-order valence-electron chi connectivity index (χ1n) is 5.27. The van der Waals surface area contributed by atoms with Crippen LogP contribution in [0.4, 0.5) is 0 Å². The van der Waals surface area contributed by atoms with E-state index in [-0.39, 0.29) is 11.4 Å². The number of nitrogens with zero attached hydrogens (tertiary/aromatic N) is 2. The second-order valence-electron chi connectivity index (χ2n) is 3.00. The van der Waals surface area contributed by atoms with Gasteiger partial charge in [0.2, 0.25) is 0 Å². The quantitative estimate of drug-likeness (QED) is 0.738. The molecule has 0 fully saturated rings. The molecule has 2 aromatic rings. The van der Waals surface area contributed by atoms with Crippen molar-refractivity contribution in [1.29, 1.82) is 0 Å². The van der Waals surface area contributed by atoms with Gasteiger partial charge in [0.1, 0.15) is 0 Å². The molecular formula is C13H11CrN2O4. The molecule has 0 radical (unpaired) electrons. The van der Waals surface area contributed by atoms with Crippen molar-refractivity contribution in [3.05, 3.63) is 60.2 Å². The third-order valence-electron chi connectivity index (χ3n) is 1.75. The number of carbonyl (C=O) groups excluding carboxylic acids is 2. The van der Waals surface area contributed by atoms with Crippen molar-refractivity contribution in [2.45, 2.75) is 5.79 Å². The van der Waals surface area contributed by atoms with Crippen molar-refractivity contribution < 1.29 is 36.1 Å². The molecule has 6 nitrogen and oxygen atoms in total. The first kappa shape index (κ1) is 17.8. The van der Waals surface area contributed by atoms with Crippen LogP contribution in [0.3, 0.4) is 0 Å². The molecule has 0 aliphatic heterocycles. The number of aromatic carboxylic acids is 2. The summed E-state index contributed by atoms with van der Waals surface area (Å²) in [5, 5.41) is 20.1. The number of hydrogen-bond donors (Lipinski definition) is 0. The molecule has 0 aromatic carbocycles. The van der Waals surface area contributed by atoms with Gasteiger partial charge in [0.15, 0.2) is 0 Å². The van der Waals surface area contributed by atoms with Crippen LogP contribution in [-0.4, -0.2) is 21.9 Å². The van der Waals surface area contributed by atoms with Gasteiger partial charge in [-0.2, -0.15) is 0 Å². The van der Waals surface area contributed by atoms with E-state index in [0.29, 0.717) is 0 Å². The fourth-order valence-electron chi connectivity index (χ4n) is 0.967. The summed E-state index contributed by atoms with van der Waals surface area (Å²) in [5.74, 6) is -0.605. The Balaban J connectivity index is 0.000000321. The number of aromatic nitrogens is 2. The summed E-state index contributed by atoms with van der Waals surface area (Å²) in [6.45, 7) is 0. The van der Waals surface area contributed by atoms with Crippen LogP contribution in [0.2, 0.25) is 5.79 Å². The Hall–Kier alpha value is -2.23. The number of pyridine rings is 2. The predicted molar refractivity (Wildman–Crippen MR) is 63.0 cm³/mol. The number of carboxylic acids is 2. The van der Waals surface area contributed by atoms with Crippen molar-refractivity contribution in [3.8, 4) is 0 Å². The molecule has 0 spiro atoms. The van der Waals surface area contributed by atoms with Gasteiger partial charge in [-0.15, -0.1) is 0 Å². The number of hydrogen-bond acceptors (Lipinski definition) is 6. The van der Waals surface area contributed by atoms with Crippen molar-refractivity contribution in [2.24, 2.45) is 0 Å². The summed E-state index contributed by atoms with van der Waals surface area (Å²) in [7, 11) is 0. The van der Waals surface area contributed by atoms with Crippen LogP contribution in [0, 0.1) is 0 Å². The zero-order valence-electron chi connectivity index (χ0n) is 10.6. The van der Waals surface area contributed by atoms with E-state index in [4.69, 9.17) is 0 Å². The van der Waals surface area contributed by atoms with Crippen LogP contribution in [-0.2, 0) is 16.3 Å². The monoisotopic (exact) mass is 311 g/mol. The number of rotatable bonds is 2. The molecule has 0 saturated carbocycles. The van der Waals surface area contributed by atoms with Gasteiger partial charge in [-0.3, -0.25) is 9.97 Å². The Morgan fingerprint density at radius 3 is 1.35 bits per heavy atom.